The SMILES string of the molecule is COc1ccc(OC)c([C@@H]2CN(C(=O)c3cccc(Cl)c3)C[C@H]2C(=O)NCC(C)C)c1. The fraction of sp³-hybridized carbons (Fsp3) is 0.417. The van der Waals surface area contributed by atoms with Gasteiger partial charge < -0.3 is 19.7 Å². The number of halogens is 1. The summed E-state index contributed by atoms with van der Waals surface area (Å²) in [6.07, 6.45) is 0. The molecule has 1 aliphatic heterocycles. The molecule has 1 aliphatic rings. The van der Waals surface area contributed by atoms with E-state index < -0.39 is 5.92 Å². The maximum Gasteiger partial charge on any atom is 0.253 e. The Morgan fingerprint density at radius 3 is 2.55 bits per heavy atom. The van der Waals surface area contributed by atoms with Crippen LogP contribution in [0.1, 0.15) is 35.7 Å². The molecular formula is C24H29ClN2O4. The number of ether oxygens (including phenoxy) is 2. The second-order valence-electron chi connectivity index (χ2n) is 8.18. The van der Waals surface area contributed by atoms with E-state index in [1.54, 1.807) is 43.4 Å². The van der Waals surface area contributed by atoms with E-state index in [0.717, 1.165) is 5.56 Å². The highest BCUT2D eigenvalue weighted by Crippen LogP contribution is 2.40. The van der Waals surface area contributed by atoms with Crippen LogP contribution in [0.15, 0.2) is 42.5 Å². The van der Waals surface area contributed by atoms with Crippen molar-refractivity contribution >= 4 is 23.4 Å². The predicted octanol–water partition coefficient (Wildman–Crippen LogP) is 3.99. The smallest absolute Gasteiger partial charge is 0.253 e. The number of methoxy groups -OCH3 is 2. The second-order valence-corrected chi connectivity index (χ2v) is 8.62. The fourth-order valence-corrected chi connectivity index (χ4v) is 4.11. The molecule has 0 saturated carbocycles. The van der Waals surface area contributed by atoms with E-state index in [9.17, 15) is 9.59 Å². The summed E-state index contributed by atoms with van der Waals surface area (Å²) in [5.41, 5.74) is 1.36. The third-order valence-electron chi connectivity index (χ3n) is 5.54. The Labute approximate surface area is 188 Å². The number of likely N-dealkylation sites (tertiary alicyclic amines) is 1. The average molecular weight is 445 g/mol. The Balaban J connectivity index is 1.94. The van der Waals surface area contributed by atoms with Gasteiger partial charge in [-0.15, -0.1) is 0 Å². The van der Waals surface area contributed by atoms with Gasteiger partial charge in [-0.2, -0.15) is 0 Å². The first-order valence-corrected chi connectivity index (χ1v) is 10.8. The lowest BCUT2D eigenvalue weighted by Crippen LogP contribution is -2.37. The van der Waals surface area contributed by atoms with E-state index in [0.29, 0.717) is 47.6 Å². The van der Waals surface area contributed by atoms with E-state index in [-0.39, 0.29) is 17.7 Å². The lowest BCUT2D eigenvalue weighted by Gasteiger charge is -2.21. The molecule has 3 rings (SSSR count). The lowest BCUT2D eigenvalue weighted by molar-refractivity contribution is -0.125. The van der Waals surface area contributed by atoms with Crippen molar-refractivity contribution in [3.63, 3.8) is 0 Å². The molecule has 0 bridgehead atoms. The molecule has 31 heavy (non-hydrogen) atoms. The molecule has 6 nitrogen and oxygen atoms in total. The van der Waals surface area contributed by atoms with Crippen molar-refractivity contribution in [1.29, 1.82) is 0 Å². The van der Waals surface area contributed by atoms with Gasteiger partial charge in [-0.1, -0.05) is 31.5 Å². The normalized spacial score (nSPS) is 18.2. The van der Waals surface area contributed by atoms with Crippen LogP contribution in [0.3, 0.4) is 0 Å². The van der Waals surface area contributed by atoms with Gasteiger partial charge in [0.05, 0.1) is 20.1 Å². The first-order valence-electron chi connectivity index (χ1n) is 10.4. The maximum absolute atomic E-state index is 13.2. The van der Waals surface area contributed by atoms with E-state index >= 15 is 0 Å². The van der Waals surface area contributed by atoms with Crippen molar-refractivity contribution in [2.45, 2.75) is 19.8 Å². The molecule has 7 heteroatoms. The van der Waals surface area contributed by atoms with Crippen LogP contribution in [0.2, 0.25) is 5.02 Å². The van der Waals surface area contributed by atoms with Gasteiger partial charge in [-0.3, -0.25) is 9.59 Å². The zero-order valence-corrected chi connectivity index (χ0v) is 19.1. The van der Waals surface area contributed by atoms with Crippen LogP contribution in [0, 0.1) is 11.8 Å². The Kier molecular flexibility index (Phi) is 7.44. The predicted molar refractivity (Wildman–Crippen MR) is 121 cm³/mol. The summed E-state index contributed by atoms with van der Waals surface area (Å²) < 4.78 is 11.0. The minimum Gasteiger partial charge on any atom is -0.497 e. The molecule has 0 aliphatic carbocycles. The molecule has 1 heterocycles. The third kappa shape index (κ3) is 5.31. The number of hydrogen-bond acceptors (Lipinski definition) is 4. The molecule has 0 spiro atoms. The number of nitrogens with zero attached hydrogens (tertiary/aromatic N) is 1. The number of amides is 2. The topological polar surface area (TPSA) is 67.9 Å². The summed E-state index contributed by atoms with van der Waals surface area (Å²) in [6, 6.07) is 12.4. The first-order chi connectivity index (χ1) is 14.8. The fourth-order valence-electron chi connectivity index (χ4n) is 3.92. The summed E-state index contributed by atoms with van der Waals surface area (Å²) in [5.74, 6) is 0.849. The standard InChI is InChI=1S/C24H29ClN2O4/c1-15(2)12-26-23(28)21-14-27(24(29)16-6-5-7-17(25)10-16)13-20(21)19-11-18(30-3)8-9-22(19)31-4/h5-11,15,20-21H,12-14H2,1-4H3,(H,26,28)/t20-,21+/m0/s1. The molecule has 0 unspecified atom stereocenters. The molecule has 2 atom stereocenters. The Bertz CT molecular complexity index is 947. The summed E-state index contributed by atoms with van der Waals surface area (Å²) >= 11 is 6.08. The second kappa shape index (κ2) is 10.1. The van der Waals surface area contributed by atoms with Crippen molar-refractivity contribution in [1.82, 2.24) is 10.2 Å². The van der Waals surface area contributed by atoms with E-state index in [1.807, 2.05) is 32.0 Å². The van der Waals surface area contributed by atoms with Crippen LogP contribution >= 0.6 is 11.6 Å². The highest BCUT2D eigenvalue weighted by atomic mass is 35.5. The summed E-state index contributed by atoms with van der Waals surface area (Å²) in [6.45, 7) is 5.40. The van der Waals surface area contributed by atoms with E-state index in [4.69, 9.17) is 21.1 Å². The summed E-state index contributed by atoms with van der Waals surface area (Å²) in [5, 5.41) is 3.53. The summed E-state index contributed by atoms with van der Waals surface area (Å²) in [4.78, 5) is 28.0. The Morgan fingerprint density at radius 1 is 1.13 bits per heavy atom. The number of carbonyl (C=O) groups is 2. The largest absolute Gasteiger partial charge is 0.497 e. The van der Waals surface area contributed by atoms with Crippen molar-refractivity contribution in [2.75, 3.05) is 33.9 Å². The van der Waals surface area contributed by atoms with Gasteiger partial charge in [0, 0.05) is 41.7 Å². The average Bonchev–Trinajstić information content (AvgIpc) is 3.21. The quantitative estimate of drug-likeness (QED) is 0.701. The van der Waals surface area contributed by atoms with E-state index in [1.165, 1.54) is 0 Å². The van der Waals surface area contributed by atoms with Gasteiger partial charge in [0.2, 0.25) is 5.91 Å². The van der Waals surface area contributed by atoms with Gasteiger partial charge in [0.1, 0.15) is 11.5 Å². The monoisotopic (exact) mass is 444 g/mol. The maximum atomic E-state index is 13.2. The van der Waals surface area contributed by atoms with Gasteiger partial charge >= 0.3 is 0 Å². The van der Waals surface area contributed by atoms with Gasteiger partial charge in [0.15, 0.2) is 0 Å². The molecule has 2 aromatic carbocycles. The van der Waals surface area contributed by atoms with Crippen molar-refractivity contribution in [2.24, 2.45) is 11.8 Å². The molecule has 0 aromatic heterocycles. The molecule has 1 N–H and O–H groups in total. The minimum atomic E-state index is -0.400. The molecule has 0 radical (unpaired) electrons. The van der Waals surface area contributed by atoms with Crippen LogP contribution in [-0.2, 0) is 4.79 Å². The highest BCUT2D eigenvalue weighted by Gasteiger charge is 2.42. The molecule has 1 fully saturated rings. The Morgan fingerprint density at radius 2 is 1.90 bits per heavy atom. The van der Waals surface area contributed by atoms with Crippen molar-refractivity contribution in [3.8, 4) is 11.5 Å². The lowest BCUT2D eigenvalue weighted by atomic mass is 9.87. The van der Waals surface area contributed by atoms with Crippen LogP contribution in [-0.4, -0.2) is 50.6 Å². The van der Waals surface area contributed by atoms with Crippen LogP contribution in [0.25, 0.3) is 0 Å². The van der Waals surface area contributed by atoms with Gasteiger partial charge in [-0.05, 0) is 42.3 Å². The number of benzene rings is 2. The molecule has 1 saturated heterocycles. The number of carbonyl (C=O) groups excluding carboxylic acids is 2. The first kappa shape index (κ1) is 22.9. The zero-order valence-electron chi connectivity index (χ0n) is 18.4. The van der Waals surface area contributed by atoms with Crippen molar-refractivity contribution in [3.05, 3.63) is 58.6 Å². The summed E-state index contributed by atoms with van der Waals surface area (Å²) in [7, 11) is 3.20. The number of rotatable bonds is 7. The molecular weight excluding hydrogens is 416 g/mol. The van der Waals surface area contributed by atoms with Crippen molar-refractivity contribution < 1.29 is 19.1 Å². The Hall–Kier alpha value is -2.73. The van der Waals surface area contributed by atoms with Crippen LogP contribution < -0.4 is 14.8 Å². The van der Waals surface area contributed by atoms with Crippen LogP contribution in [0.4, 0.5) is 0 Å². The van der Waals surface area contributed by atoms with E-state index in [2.05, 4.69) is 5.32 Å². The zero-order chi connectivity index (χ0) is 22.5. The third-order valence-corrected chi connectivity index (χ3v) is 5.77. The molecule has 166 valence electrons. The number of nitrogens with one attached hydrogen (secondary N) is 1. The minimum absolute atomic E-state index is 0.0648. The number of hydrogen-bond donors (Lipinski definition) is 1. The molecule has 2 aromatic rings. The highest BCUT2D eigenvalue weighted by molar-refractivity contribution is 6.30. The van der Waals surface area contributed by atoms with Crippen LogP contribution in [0.5, 0.6) is 11.5 Å². The molecule has 2 amide bonds. The van der Waals surface area contributed by atoms with Gasteiger partial charge in [0.25, 0.3) is 5.91 Å². The van der Waals surface area contributed by atoms with Gasteiger partial charge in [-0.25, -0.2) is 0 Å².